The molecule has 1 aromatic carbocycles. The number of hydroxylamine groups is 2. The molecule has 0 saturated carbocycles. The molecule has 0 bridgehead atoms. The molecule has 4 heterocycles. The Morgan fingerprint density at radius 2 is 1.69 bits per heavy atom. The number of hydrogen-bond acceptors (Lipinski definition) is 7. The molecule has 0 unspecified atom stereocenters. The molecule has 5 rings (SSSR count). The summed E-state index contributed by atoms with van der Waals surface area (Å²) in [7, 11) is 0. The molecule has 2 N–H and O–H groups in total. The number of likely N-dealkylation sites (N-methyl/N-ethyl adjacent to an activating group) is 1. The van der Waals surface area contributed by atoms with Crippen LogP contribution in [-0.2, 0) is 4.84 Å². The minimum atomic E-state index is -0.471. The minimum absolute atomic E-state index is 0.425. The van der Waals surface area contributed by atoms with E-state index in [1.54, 1.807) is 12.1 Å². The van der Waals surface area contributed by atoms with Gasteiger partial charge in [0.25, 0.3) is 5.91 Å². The van der Waals surface area contributed by atoms with E-state index in [1.807, 2.05) is 16.8 Å². The predicted octanol–water partition coefficient (Wildman–Crippen LogP) is 1.79. The van der Waals surface area contributed by atoms with Crippen molar-refractivity contribution in [2.24, 2.45) is 5.73 Å². The van der Waals surface area contributed by atoms with Crippen molar-refractivity contribution in [1.29, 1.82) is 0 Å². The largest absolute Gasteiger partial charge is 0.369 e. The summed E-state index contributed by atoms with van der Waals surface area (Å²) in [5.41, 5.74) is 9.53. The van der Waals surface area contributed by atoms with E-state index in [9.17, 15) is 4.79 Å². The van der Waals surface area contributed by atoms with Crippen molar-refractivity contribution < 1.29 is 9.63 Å². The maximum Gasteiger partial charge on any atom is 0.252 e. The number of hydrogen-bond donors (Lipinski definition) is 1. The van der Waals surface area contributed by atoms with Crippen molar-refractivity contribution in [1.82, 2.24) is 24.2 Å². The number of primary amides is 1. The average Bonchev–Trinajstić information content (AvgIpc) is 3.34. The summed E-state index contributed by atoms with van der Waals surface area (Å²) >= 11 is 0. The summed E-state index contributed by atoms with van der Waals surface area (Å²) in [6.45, 7) is 13.4. The molecule has 0 spiro atoms. The zero-order valence-corrected chi connectivity index (χ0v) is 20.5. The van der Waals surface area contributed by atoms with Crippen LogP contribution in [0.5, 0.6) is 0 Å². The molecule has 2 aromatic heterocycles. The summed E-state index contributed by atoms with van der Waals surface area (Å²) in [5, 5.41) is 2.11. The Kier molecular flexibility index (Phi) is 7.29. The summed E-state index contributed by atoms with van der Waals surface area (Å²) in [4.78, 5) is 29.8. The van der Waals surface area contributed by atoms with E-state index in [0.717, 1.165) is 70.2 Å². The fraction of sp³-hybridized carbons (Fsp3) is 0.462. The second kappa shape index (κ2) is 10.7. The van der Waals surface area contributed by atoms with E-state index >= 15 is 0 Å². The number of pyridine rings is 1. The Labute approximate surface area is 206 Å². The molecule has 2 aliphatic rings. The number of nitrogens with two attached hydrogens (primary N) is 1. The third-order valence-corrected chi connectivity index (χ3v) is 7.11. The highest BCUT2D eigenvalue weighted by Crippen LogP contribution is 2.25. The van der Waals surface area contributed by atoms with E-state index in [0.29, 0.717) is 11.2 Å². The first-order valence-corrected chi connectivity index (χ1v) is 12.6. The minimum Gasteiger partial charge on any atom is -0.369 e. The highest BCUT2D eigenvalue weighted by Gasteiger charge is 2.20. The third-order valence-electron chi connectivity index (χ3n) is 7.11. The van der Waals surface area contributed by atoms with Crippen molar-refractivity contribution in [3.8, 4) is 11.3 Å². The van der Waals surface area contributed by atoms with Crippen LogP contribution in [0.25, 0.3) is 16.9 Å². The SMILES string of the molecule is CCN1CCN(CCON2CCN(c3ccc(-c4cn5cccc(C(N)=O)c5n4)cc3)CC2)CC1. The first-order chi connectivity index (χ1) is 17.1. The van der Waals surface area contributed by atoms with Gasteiger partial charge < -0.3 is 19.9 Å². The van der Waals surface area contributed by atoms with E-state index in [4.69, 9.17) is 10.6 Å². The quantitative estimate of drug-likeness (QED) is 0.530. The lowest BCUT2D eigenvalue weighted by Crippen LogP contribution is -2.49. The van der Waals surface area contributed by atoms with E-state index in [2.05, 4.69) is 55.9 Å². The Hall–Kier alpha value is -2.98. The number of benzene rings is 1. The Balaban J connectivity index is 1.11. The summed E-state index contributed by atoms with van der Waals surface area (Å²) in [6.07, 6.45) is 3.80. The van der Waals surface area contributed by atoms with Gasteiger partial charge in [-0.05, 0) is 30.8 Å². The lowest BCUT2D eigenvalue weighted by atomic mass is 10.1. The predicted molar refractivity (Wildman–Crippen MR) is 137 cm³/mol. The van der Waals surface area contributed by atoms with Crippen LogP contribution in [0, 0.1) is 0 Å². The number of carbonyl (C=O) groups excluding carboxylic acids is 1. The van der Waals surface area contributed by atoms with Gasteiger partial charge in [0.1, 0.15) is 5.65 Å². The van der Waals surface area contributed by atoms with E-state index in [1.165, 1.54) is 18.8 Å². The number of amides is 1. The maximum atomic E-state index is 11.7. The number of carbonyl (C=O) groups is 1. The molecule has 0 aliphatic carbocycles. The molecule has 9 nitrogen and oxygen atoms in total. The van der Waals surface area contributed by atoms with Crippen LogP contribution in [0.3, 0.4) is 0 Å². The van der Waals surface area contributed by atoms with Gasteiger partial charge in [0.05, 0.1) is 17.9 Å². The van der Waals surface area contributed by atoms with Crippen LogP contribution in [0.2, 0.25) is 0 Å². The van der Waals surface area contributed by atoms with Gasteiger partial charge in [-0.3, -0.25) is 14.5 Å². The molecule has 2 saturated heterocycles. The van der Waals surface area contributed by atoms with Gasteiger partial charge >= 0.3 is 0 Å². The zero-order chi connectivity index (χ0) is 24.2. The van der Waals surface area contributed by atoms with Crippen molar-refractivity contribution in [2.75, 3.05) is 77.0 Å². The molecule has 186 valence electrons. The first kappa shape index (κ1) is 23.7. The standard InChI is InChI=1S/C26H35N7O2/c1-2-29-10-12-30(13-11-29)18-19-35-33-16-14-31(15-17-33)22-7-5-21(6-8-22)24-20-32-9-3-4-23(25(27)34)26(32)28-24/h3-9,20H,2,10-19H2,1H3,(H2,27,34). The molecule has 3 aromatic rings. The molecule has 2 fully saturated rings. The van der Waals surface area contributed by atoms with Crippen LogP contribution in [0.4, 0.5) is 5.69 Å². The van der Waals surface area contributed by atoms with Gasteiger partial charge in [0, 0.05) is 82.5 Å². The van der Waals surface area contributed by atoms with Crippen LogP contribution >= 0.6 is 0 Å². The molecule has 1 amide bonds. The summed E-state index contributed by atoms with van der Waals surface area (Å²) in [6, 6.07) is 12.0. The van der Waals surface area contributed by atoms with Crippen LogP contribution < -0.4 is 10.6 Å². The molecular formula is C26H35N7O2. The molecular weight excluding hydrogens is 442 g/mol. The number of imidazole rings is 1. The number of piperazine rings is 2. The third kappa shape index (κ3) is 5.48. The Bertz CT molecular complexity index is 1130. The number of anilines is 1. The highest BCUT2D eigenvalue weighted by atomic mass is 16.7. The molecule has 0 atom stereocenters. The molecule has 9 heteroatoms. The second-order valence-electron chi connectivity index (χ2n) is 9.22. The Morgan fingerprint density at radius 1 is 0.971 bits per heavy atom. The van der Waals surface area contributed by atoms with Crippen molar-refractivity contribution in [3.63, 3.8) is 0 Å². The summed E-state index contributed by atoms with van der Waals surface area (Å²) < 4.78 is 1.84. The number of rotatable bonds is 8. The van der Waals surface area contributed by atoms with Crippen molar-refractivity contribution in [2.45, 2.75) is 6.92 Å². The van der Waals surface area contributed by atoms with Crippen molar-refractivity contribution in [3.05, 3.63) is 54.4 Å². The second-order valence-corrected chi connectivity index (χ2v) is 9.22. The topological polar surface area (TPSA) is 82.6 Å². The maximum absolute atomic E-state index is 11.7. The van der Waals surface area contributed by atoms with Gasteiger partial charge in [-0.2, -0.15) is 5.06 Å². The van der Waals surface area contributed by atoms with Gasteiger partial charge in [0.2, 0.25) is 0 Å². The Morgan fingerprint density at radius 3 is 2.37 bits per heavy atom. The van der Waals surface area contributed by atoms with Crippen LogP contribution in [-0.4, -0.2) is 102 Å². The summed E-state index contributed by atoms with van der Waals surface area (Å²) in [5.74, 6) is -0.471. The van der Waals surface area contributed by atoms with Crippen LogP contribution in [0.15, 0.2) is 48.8 Å². The monoisotopic (exact) mass is 477 g/mol. The lowest BCUT2D eigenvalue weighted by Gasteiger charge is -2.36. The highest BCUT2D eigenvalue weighted by molar-refractivity contribution is 5.98. The van der Waals surface area contributed by atoms with E-state index in [-0.39, 0.29) is 0 Å². The fourth-order valence-corrected chi connectivity index (χ4v) is 4.89. The van der Waals surface area contributed by atoms with Gasteiger partial charge in [-0.25, -0.2) is 4.98 Å². The fourth-order valence-electron chi connectivity index (χ4n) is 4.89. The first-order valence-electron chi connectivity index (χ1n) is 12.6. The molecule has 2 aliphatic heterocycles. The average molecular weight is 478 g/mol. The molecule has 0 radical (unpaired) electrons. The smallest absolute Gasteiger partial charge is 0.252 e. The lowest BCUT2D eigenvalue weighted by molar-refractivity contribution is -0.165. The molecule has 35 heavy (non-hydrogen) atoms. The van der Waals surface area contributed by atoms with E-state index < -0.39 is 5.91 Å². The zero-order valence-electron chi connectivity index (χ0n) is 20.5. The normalized spacial score (nSPS) is 18.4. The van der Waals surface area contributed by atoms with Gasteiger partial charge in [0.15, 0.2) is 0 Å². The van der Waals surface area contributed by atoms with Crippen LogP contribution in [0.1, 0.15) is 17.3 Å². The number of nitrogens with zero attached hydrogens (tertiary/aromatic N) is 6. The van der Waals surface area contributed by atoms with Gasteiger partial charge in [-0.1, -0.05) is 19.1 Å². The van der Waals surface area contributed by atoms with Crippen molar-refractivity contribution >= 4 is 17.2 Å². The number of fused-ring (bicyclic) bond motifs is 1. The van der Waals surface area contributed by atoms with Gasteiger partial charge in [-0.15, -0.1) is 0 Å². The number of aromatic nitrogens is 2.